The van der Waals surface area contributed by atoms with Crippen molar-refractivity contribution in [2.75, 3.05) is 31.9 Å². The van der Waals surface area contributed by atoms with E-state index in [1.165, 1.54) is 12.3 Å². The predicted octanol–water partition coefficient (Wildman–Crippen LogP) is 1.17. The first kappa shape index (κ1) is 29.8. The molecule has 1 aromatic heterocycles. The molecule has 4 atom stereocenters. The number of aliphatic hydroxyl groups is 1. The quantitative estimate of drug-likeness (QED) is 0.170. The SMILES string of the molecule is C=CCOCOC1C[C@H](n2cc(C#CCNC(=O)C(F)(F)F)c(NC(=O)C3C=CC=CC3)nc2=O)O[C@@H]1CO. The number of allylic oxidation sites excluding steroid dienone is 3. The van der Waals surface area contributed by atoms with E-state index in [-0.39, 0.29) is 31.2 Å². The van der Waals surface area contributed by atoms with Crippen LogP contribution >= 0.6 is 0 Å². The molecule has 0 bridgehead atoms. The Kier molecular flexibility index (Phi) is 10.6. The van der Waals surface area contributed by atoms with Gasteiger partial charge in [0.25, 0.3) is 0 Å². The number of hydrogen-bond donors (Lipinski definition) is 3. The predicted molar refractivity (Wildman–Crippen MR) is 131 cm³/mol. The van der Waals surface area contributed by atoms with Crippen LogP contribution in [-0.4, -0.2) is 71.4 Å². The Morgan fingerprint density at radius 3 is 2.82 bits per heavy atom. The van der Waals surface area contributed by atoms with E-state index in [4.69, 9.17) is 14.2 Å². The number of aliphatic hydroxyl groups excluding tert-OH is 1. The zero-order chi connectivity index (χ0) is 28.4. The summed E-state index contributed by atoms with van der Waals surface area (Å²) in [5, 5.41) is 13.8. The number of nitrogens with zero attached hydrogens (tertiary/aromatic N) is 2. The molecule has 0 saturated carbocycles. The van der Waals surface area contributed by atoms with Crippen LogP contribution in [0.1, 0.15) is 24.6 Å². The Bertz CT molecular complexity index is 1230. The van der Waals surface area contributed by atoms with Crippen LogP contribution < -0.4 is 16.3 Å². The summed E-state index contributed by atoms with van der Waals surface area (Å²) in [7, 11) is 0. The maximum absolute atomic E-state index is 12.9. The molecule has 0 radical (unpaired) electrons. The third-order valence-electron chi connectivity index (χ3n) is 5.60. The molecule has 1 fully saturated rings. The Morgan fingerprint density at radius 1 is 1.36 bits per heavy atom. The largest absolute Gasteiger partial charge is 0.471 e. The van der Waals surface area contributed by atoms with E-state index >= 15 is 0 Å². The van der Waals surface area contributed by atoms with E-state index in [1.807, 2.05) is 0 Å². The van der Waals surface area contributed by atoms with Gasteiger partial charge >= 0.3 is 17.8 Å². The van der Waals surface area contributed by atoms with E-state index < -0.39 is 61.2 Å². The fourth-order valence-corrected chi connectivity index (χ4v) is 3.69. The molecule has 1 saturated heterocycles. The Morgan fingerprint density at radius 2 is 2.15 bits per heavy atom. The van der Waals surface area contributed by atoms with Gasteiger partial charge in [0.1, 0.15) is 19.1 Å². The molecule has 1 aliphatic carbocycles. The van der Waals surface area contributed by atoms with Crippen LogP contribution in [0, 0.1) is 17.8 Å². The first-order valence-electron chi connectivity index (χ1n) is 11.8. The molecular formula is C25H27F3N4O7. The van der Waals surface area contributed by atoms with Crippen LogP contribution in [0.15, 0.2) is 48.0 Å². The summed E-state index contributed by atoms with van der Waals surface area (Å²) < 4.78 is 54.9. The van der Waals surface area contributed by atoms with Crippen molar-refractivity contribution >= 4 is 17.6 Å². The smallest absolute Gasteiger partial charge is 0.394 e. The van der Waals surface area contributed by atoms with Crippen molar-refractivity contribution in [3.63, 3.8) is 0 Å². The number of ether oxygens (including phenoxy) is 3. The minimum Gasteiger partial charge on any atom is -0.394 e. The van der Waals surface area contributed by atoms with Gasteiger partial charge in [0.15, 0.2) is 5.82 Å². The highest BCUT2D eigenvalue weighted by Crippen LogP contribution is 2.30. The zero-order valence-electron chi connectivity index (χ0n) is 20.6. The lowest BCUT2D eigenvalue weighted by Gasteiger charge is -2.17. The van der Waals surface area contributed by atoms with Gasteiger partial charge in [0.05, 0.1) is 37.3 Å². The molecular weight excluding hydrogens is 525 g/mol. The second kappa shape index (κ2) is 13.9. The number of carbonyl (C=O) groups is 2. The highest BCUT2D eigenvalue weighted by Gasteiger charge is 2.38. The monoisotopic (exact) mass is 552 g/mol. The van der Waals surface area contributed by atoms with Crippen molar-refractivity contribution in [3.05, 3.63) is 59.2 Å². The van der Waals surface area contributed by atoms with Crippen molar-refractivity contribution in [2.24, 2.45) is 5.92 Å². The van der Waals surface area contributed by atoms with E-state index in [0.29, 0.717) is 6.42 Å². The second-order valence-electron chi connectivity index (χ2n) is 8.35. The molecule has 3 rings (SSSR count). The summed E-state index contributed by atoms with van der Waals surface area (Å²) >= 11 is 0. The van der Waals surface area contributed by atoms with E-state index in [1.54, 1.807) is 29.6 Å². The van der Waals surface area contributed by atoms with Crippen LogP contribution in [-0.2, 0) is 23.8 Å². The molecule has 210 valence electrons. The van der Waals surface area contributed by atoms with Gasteiger partial charge in [-0.2, -0.15) is 18.2 Å². The highest BCUT2D eigenvalue weighted by atomic mass is 19.4. The van der Waals surface area contributed by atoms with Crippen molar-refractivity contribution in [1.82, 2.24) is 14.9 Å². The van der Waals surface area contributed by atoms with Gasteiger partial charge in [-0.3, -0.25) is 14.2 Å². The summed E-state index contributed by atoms with van der Waals surface area (Å²) in [6.45, 7) is 2.60. The van der Waals surface area contributed by atoms with Gasteiger partial charge in [-0.25, -0.2) is 4.79 Å². The van der Waals surface area contributed by atoms with E-state index in [0.717, 1.165) is 4.57 Å². The Balaban J connectivity index is 1.84. The van der Waals surface area contributed by atoms with Gasteiger partial charge in [-0.15, -0.1) is 6.58 Å². The summed E-state index contributed by atoms with van der Waals surface area (Å²) in [5.41, 5.74) is -0.826. The lowest BCUT2D eigenvalue weighted by Crippen LogP contribution is -2.36. The highest BCUT2D eigenvalue weighted by molar-refractivity contribution is 5.94. The molecule has 0 spiro atoms. The minimum absolute atomic E-state index is 0.0117. The van der Waals surface area contributed by atoms with Gasteiger partial charge in [0, 0.05) is 12.6 Å². The topological polar surface area (TPSA) is 141 Å². The number of carbonyl (C=O) groups excluding carboxylic acids is 2. The van der Waals surface area contributed by atoms with Crippen molar-refractivity contribution in [1.29, 1.82) is 0 Å². The number of rotatable bonds is 10. The molecule has 2 amide bonds. The van der Waals surface area contributed by atoms with Crippen LogP contribution in [0.4, 0.5) is 19.0 Å². The number of halogens is 3. The van der Waals surface area contributed by atoms with Crippen LogP contribution in [0.25, 0.3) is 0 Å². The molecule has 39 heavy (non-hydrogen) atoms. The Labute approximate surface area is 221 Å². The third kappa shape index (κ3) is 8.36. The van der Waals surface area contributed by atoms with Crippen molar-refractivity contribution in [2.45, 2.75) is 37.5 Å². The summed E-state index contributed by atoms with van der Waals surface area (Å²) in [6.07, 6.45) is 2.80. The van der Waals surface area contributed by atoms with Crippen LogP contribution in [0.5, 0.6) is 0 Å². The second-order valence-corrected chi connectivity index (χ2v) is 8.35. The number of amides is 2. The number of anilines is 1. The fourth-order valence-electron chi connectivity index (χ4n) is 3.69. The number of hydrogen-bond acceptors (Lipinski definition) is 8. The van der Waals surface area contributed by atoms with E-state index in [9.17, 15) is 32.7 Å². The Hall–Kier alpha value is -3.77. The van der Waals surface area contributed by atoms with Crippen LogP contribution in [0.3, 0.4) is 0 Å². The van der Waals surface area contributed by atoms with Crippen molar-refractivity contribution < 1.29 is 42.1 Å². The van der Waals surface area contributed by atoms with Gasteiger partial charge in [0.2, 0.25) is 5.91 Å². The maximum Gasteiger partial charge on any atom is 0.471 e. The molecule has 1 aromatic rings. The molecule has 1 aliphatic heterocycles. The van der Waals surface area contributed by atoms with E-state index in [2.05, 4.69) is 28.7 Å². The first-order chi connectivity index (χ1) is 18.6. The van der Waals surface area contributed by atoms with Crippen LogP contribution in [0.2, 0.25) is 0 Å². The molecule has 14 heteroatoms. The summed E-state index contributed by atoms with van der Waals surface area (Å²) in [5.74, 6) is 1.52. The molecule has 2 heterocycles. The first-order valence-corrected chi connectivity index (χ1v) is 11.8. The molecule has 0 aromatic carbocycles. The average molecular weight is 553 g/mol. The van der Waals surface area contributed by atoms with Gasteiger partial charge < -0.3 is 30.0 Å². The number of nitrogens with one attached hydrogen (secondary N) is 2. The molecule has 2 unspecified atom stereocenters. The zero-order valence-corrected chi connectivity index (χ0v) is 20.6. The minimum atomic E-state index is -5.07. The lowest BCUT2D eigenvalue weighted by atomic mass is 10.00. The molecule has 2 aliphatic rings. The number of alkyl halides is 3. The lowest BCUT2D eigenvalue weighted by molar-refractivity contribution is -0.173. The maximum atomic E-state index is 12.9. The number of aromatic nitrogens is 2. The third-order valence-corrected chi connectivity index (χ3v) is 5.60. The van der Waals surface area contributed by atoms with Gasteiger partial charge in [-0.05, 0) is 6.42 Å². The summed E-state index contributed by atoms with van der Waals surface area (Å²) in [6, 6.07) is 0. The fraction of sp³-hybridized carbons (Fsp3) is 0.440. The standard InChI is InChI=1S/C25H27F3N4O7/c1-2-11-37-15-38-18-12-20(39-19(18)14-33)32-13-17(9-6-10-29-23(35)25(26,27)28)21(31-24(32)36)30-22(34)16-7-4-3-5-8-16/h2-5,7,13,16,18-20,33H,1,8,10-12,14-15H2,(H,29,35)(H,30,31,34,36)/t16?,18?,19-,20-/m1/s1. The normalized spacial score (nSPS) is 22.2. The summed E-state index contributed by atoms with van der Waals surface area (Å²) in [4.78, 5) is 40.6. The molecule has 3 N–H and O–H groups in total. The van der Waals surface area contributed by atoms with Crippen molar-refractivity contribution in [3.8, 4) is 11.8 Å². The van der Waals surface area contributed by atoms with Gasteiger partial charge in [-0.1, -0.05) is 42.2 Å². The molecule has 11 nitrogen and oxygen atoms in total. The average Bonchev–Trinajstić information content (AvgIpc) is 3.32.